The molecule has 0 unspecified atom stereocenters. The molecule has 0 aliphatic rings. The molecular formula is C2H14CaCl3K3MgNaO9PS. The number of halogens is 3. The van der Waals surface area contributed by atoms with E-state index in [2.05, 4.69) is 4.52 Å². The molecule has 0 bridgehead atoms. The molecule has 116 valence electrons. The molecule has 0 spiro atoms. The zero-order valence-corrected chi connectivity index (χ0v) is 31.8. The summed E-state index contributed by atoms with van der Waals surface area (Å²) in [5.74, 6) is -0.988. The van der Waals surface area contributed by atoms with Crippen LogP contribution in [0.15, 0.2) is 0 Å². The van der Waals surface area contributed by atoms with Crippen molar-refractivity contribution < 1.29 is 258 Å². The van der Waals surface area contributed by atoms with Gasteiger partial charge in [0.25, 0.3) is 0 Å². The number of phosphoric ester groups is 1. The van der Waals surface area contributed by atoms with Crippen LogP contribution in [0.2, 0.25) is 0 Å². The molecule has 22 heavy (non-hydrogen) atoms. The van der Waals surface area contributed by atoms with Crippen molar-refractivity contribution in [3.05, 3.63) is 0 Å². The van der Waals surface area contributed by atoms with E-state index >= 15 is 0 Å². The zero-order chi connectivity index (χ0) is 11.3. The van der Waals surface area contributed by atoms with Crippen molar-refractivity contribution in [1.82, 2.24) is 0 Å². The zero-order valence-electron chi connectivity index (χ0n) is 18.8. The molecule has 0 amide bonds. The molecular weight excluding hydrogens is 542 g/mol. The average Bonchev–Trinajstić information content (AvgIpc) is 1.47. The van der Waals surface area contributed by atoms with Gasteiger partial charge in [-0.05, 0) is 0 Å². The van der Waals surface area contributed by atoms with Crippen molar-refractivity contribution in [3.8, 4) is 0 Å². The minimum absolute atomic E-state index is 0. The number of rotatable bonds is 1. The molecule has 0 saturated heterocycles. The fourth-order valence-corrected chi connectivity index (χ4v) is 0.502. The Bertz CT molecular complexity index is 349. The van der Waals surface area contributed by atoms with Crippen LogP contribution in [-0.4, -0.2) is 94.1 Å². The van der Waals surface area contributed by atoms with Gasteiger partial charge in [-0.3, -0.25) is 23.7 Å². The molecule has 0 saturated carbocycles. The second-order valence-electron chi connectivity index (χ2n) is 1.52. The van der Waals surface area contributed by atoms with E-state index in [1.165, 1.54) is 0 Å². The molecule has 0 aliphatic carbocycles. The minimum atomic E-state index is -4.67. The van der Waals surface area contributed by atoms with Gasteiger partial charge in [0.1, 0.15) is 0 Å². The molecule has 0 aromatic rings. The second-order valence-corrected chi connectivity index (χ2v) is 3.58. The van der Waals surface area contributed by atoms with Crippen LogP contribution in [-0.2, 0) is 24.3 Å². The first kappa shape index (κ1) is 69.8. The molecule has 20 heteroatoms. The summed E-state index contributed by atoms with van der Waals surface area (Å²) < 4.78 is 44.7. The maximum absolute atomic E-state index is 9.74. The number of carbonyl (C=O) groups excluding carboxylic acids is 1. The monoisotopic (exact) mass is 554 g/mol. The third kappa shape index (κ3) is 119. The van der Waals surface area contributed by atoms with Gasteiger partial charge in [-0.25, -0.2) is 4.57 Å². The van der Waals surface area contributed by atoms with Crippen LogP contribution in [0.1, 0.15) is 15.5 Å². The Morgan fingerprint density at radius 1 is 1.09 bits per heavy atom. The summed E-state index contributed by atoms with van der Waals surface area (Å²) in [6.07, 6.45) is 0. The largest absolute Gasteiger partial charge is 2.00 e. The van der Waals surface area contributed by atoms with Crippen LogP contribution in [0, 0.1) is 0 Å². The van der Waals surface area contributed by atoms with Gasteiger partial charge in [0.15, 0.2) is 0 Å². The maximum Gasteiger partial charge on any atom is 2.00 e. The van der Waals surface area contributed by atoms with Crippen LogP contribution >= 0.6 is 20.2 Å². The predicted molar refractivity (Wildman–Crippen MR) is 63.4 cm³/mol. The predicted octanol–water partition coefficient (Wildman–Crippen LogP) is -18.7. The molecule has 0 aromatic carbocycles. The van der Waals surface area contributed by atoms with Gasteiger partial charge in [-0.1, -0.05) is 0 Å². The Morgan fingerprint density at radius 3 is 1.23 bits per heavy atom. The van der Waals surface area contributed by atoms with Gasteiger partial charge in [0.2, 0.25) is 0 Å². The van der Waals surface area contributed by atoms with E-state index in [1.54, 1.807) is 0 Å². The molecule has 0 aromatic heterocycles. The summed E-state index contributed by atoms with van der Waals surface area (Å²) in [6, 6.07) is 0. The van der Waals surface area contributed by atoms with E-state index in [-0.39, 0.29) is 290 Å². The number of hydrogen-bond donors (Lipinski definition) is 4. The molecule has 0 heterocycles. The SMILES string of the molecule is CC(=O)OP(=O)(O)O.Cl.O=S(=O)(O)O.[Ca+2].[Cl-].[Cl-].[H-].[H-].[H-].[H-].[H-].[H-].[K+].[K+].[K+].[Mg+2].[Na+]. The molecule has 0 radical (unpaired) electrons. The smallest absolute Gasteiger partial charge is 1.00 e. The fraction of sp³-hybridized carbons (Fsp3) is 0.500. The van der Waals surface area contributed by atoms with Crippen molar-refractivity contribution in [3.63, 3.8) is 0 Å². The molecule has 4 N–H and O–H groups in total. The summed E-state index contributed by atoms with van der Waals surface area (Å²) >= 11 is 0. The van der Waals surface area contributed by atoms with Gasteiger partial charge in [-0.2, -0.15) is 8.42 Å². The van der Waals surface area contributed by atoms with Gasteiger partial charge in [0, 0.05) is 6.92 Å². The third-order valence-electron chi connectivity index (χ3n) is 0.247. The first-order chi connectivity index (χ1) is 5.42. The van der Waals surface area contributed by atoms with Crippen molar-refractivity contribution in [2.75, 3.05) is 0 Å². The first-order valence-electron chi connectivity index (χ1n) is 2.37. The van der Waals surface area contributed by atoms with Gasteiger partial charge in [0.05, 0.1) is 0 Å². The minimum Gasteiger partial charge on any atom is -1.00 e. The second kappa shape index (κ2) is 39.7. The Labute approximate surface area is 352 Å². The third-order valence-corrected chi connectivity index (χ3v) is 0.742. The number of hydrogen-bond acceptors (Lipinski definition) is 5. The van der Waals surface area contributed by atoms with Crippen LogP contribution in [0.5, 0.6) is 0 Å². The van der Waals surface area contributed by atoms with E-state index in [9.17, 15) is 9.36 Å². The quantitative estimate of drug-likeness (QED) is 0.140. The number of phosphoric acid groups is 1. The summed E-state index contributed by atoms with van der Waals surface area (Å²) in [4.78, 5) is 25.5. The summed E-state index contributed by atoms with van der Waals surface area (Å²) in [6.45, 7) is 0.916. The van der Waals surface area contributed by atoms with Gasteiger partial charge >= 0.3 is 269 Å². The van der Waals surface area contributed by atoms with Crippen molar-refractivity contribution >= 4 is 97.4 Å². The van der Waals surface area contributed by atoms with Crippen LogP contribution in [0.4, 0.5) is 0 Å². The molecule has 0 fully saturated rings. The van der Waals surface area contributed by atoms with Gasteiger partial charge in [-0.15, -0.1) is 12.4 Å². The maximum atomic E-state index is 9.74. The molecule has 0 atom stereocenters. The molecule has 0 rings (SSSR count). The van der Waals surface area contributed by atoms with Crippen molar-refractivity contribution in [2.45, 2.75) is 6.92 Å². The van der Waals surface area contributed by atoms with E-state index in [1.807, 2.05) is 0 Å². The standard InChI is InChI=1S/C2H5O5P.Ca.3ClH.3K.Mg.Na.H2O4S.6H/c1-2(3)7-8(4,5)6;;;;;;;;;;1-5(2,3)4;;;;;;/h1H3,(H2,4,5,6);;3*1H;;;;;;(H2,1,2,3,4);;;;;;/q;+2;;;;3*+1;+2;+1;;6*-1/p-2. The van der Waals surface area contributed by atoms with Crippen molar-refractivity contribution in [1.29, 1.82) is 0 Å². The number of carbonyl (C=O) groups is 1. The Balaban J connectivity index is -0.00000000384. The van der Waals surface area contributed by atoms with E-state index in [0.717, 1.165) is 6.92 Å². The van der Waals surface area contributed by atoms with Crippen LogP contribution < -0.4 is 209 Å². The normalized spacial score (nSPS) is 6.59. The summed E-state index contributed by atoms with van der Waals surface area (Å²) in [5.41, 5.74) is 0. The molecule has 0 aliphatic heterocycles. The summed E-state index contributed by atoms with van der Waals surface area (Å²) in [5, 5.41) is 0. The Hall–Kier alpha value is 8.30. The van der Waals surface area contributed by atoms with E-state index in [4.69, 9.17) is 27.3 Å². The van der Waals surface area contributed by atoms with Crippen molar-refractivity contribution in [2.24, 2.45) is 0 Å². The van der Waals surface area contributed by atoms with E-state index in [0.29, 0.717) is 0 Å². The molecule has 9 nitrogen and oxygen atoms in total. The first-order valence-corrected chi connectivity index (χ1v) is 5.30. The topological polar surface area (TPSA) is 158 Å². The van der Waals surface area contributed by atoms with Crippen LogP contribution in [0.3, 0.4) is 0 Å². The van der Waals surface area contributed by atoms with Crippen LogP contribution in [0.25, 0.3) is 0 Å². The fourth-order valence-electron chi connectivity index (χ4n) is 0.167. The van der Waals surface area contributed by atoms with E-state index < -0.39 is 24.2 Å². The van der Waals surface area contributed by atoms with Gasteiger partial charge < -0.3 is 37.9 Å². The Morgan fingerprint density at radius 2 is 1.23 bits per heavy atom. The average molecular weight is 556 g/mol. The Kier molecular flexibility index (Phi) is 126. The summed E-state index contributed by atoms with van der Waals surface area (Å²) in [7, 11) is -9.24.